The van der Waals surface area contributed by atoms with Crippen LogP contribution in [0.5, 0.6) is 0 Å². The van der Waals surface area contributed by atoms with Crippen LogP contribution in [0.4, 0.5) is 0 Å². The molecule has 0 aliphatic heterocycles. The van der Waals surface area contributed by atoms with E-state index < -0.39 is 23.8 Å². The summed E-state index contributed by atoms with van der Waals surface area (Å²) in [6.45, 7) is 0. The van der Waals surface area contributed by atoms with E-state index in [1.807, 2.05) is 0 Å². The zero-order valence-electron chi connectivity index (χ0n) is 12.2. The molecule has 2 rings (SSSR count). The summed E-state index contributed by atoms with van der Waals surface area (Å²) < 4.78 is 5.25. The summed E-state index contributed by atoms with van der Waals surface area (Å²) >= 11 is 0. The highest BCUT2D eigenvalue weighted by molar-refractivity contribution is 5.97. The Balaban J connectivity index is 2.04. The maximum absolute atomic E-state index is 12.1. The Bertz CT molecular complexity index is 692. The first-order valence-electron chi connectivity index (χ1n) is 6.93. The predicted molar refractivity (Wildman–Crippen MR) is 81.5 cm³/mol. The SMILES string of the molecule is NC(=O)[C@H](CCC(=O)O)NC(=O)c1ccc(-c2ccco2)cc1. The van der Waals surface area contributed by atoms with Crippen molar-refractivity contribution >= 4 is 17.8 Å². The zero-order valence-corrected chi connectivity index (χ0v) is 12.2. The van der Waals surface area contributed by atoms with Crippen molar-refractivity contribution in [3.05, 3.63) is 48.2 Å². The van der Waals surface area contributed by atoms with E-state index in [0.717, 1.165) is 5.56 Å². The van der Waals surface area contributed by atoms with E-state index in [1.54, 1.807) is 42.7 Å². The molecule has 0 saturated heterocycles. The lowest BCUT2D eigenvalue weighted by molar-refractivity contribution is -0.137. The van der Waals surface area contributed by atoms with Gasteiger partial charge in [0.05, 0.1) is 6.26 Å². The van der Waals surface area contributed by atoms with Crippen molar-refractivity contribution in [1.29, 1.82) is 0 Å². The predicted octanol–water partition coefficient (Wildman–Crippen LogP) is 1.40. The van der Waals surface area contributed by atoms with Gasteiger partial charge in [0.15, 0.2) is 0 Å². The third-order valence-electron chi connectivity index (χ3n) is 3.25. The lowest BCUT2D eigenvalue weighted by Gasteiger charge is -2.14. The summed E-state index contributed by atoms with van der Waals surface area (Å²) in [6.07, 6.45) is 1.24. The van der Waals surface area contributed by atoms with Gasteiger partial charge < -0.3 is 20.6 Å². The molecule has 0 fully saturated rings. The van der Waals surface area contributed by atoms with E-state index >= 15 is 0 Å². The van der Waals surface area contributed by atoms with Crippen LogP contribution in [-0.4, -0.2) is 28.9 Å². The molecular formula is C16H16N2O5. The first-order chi connectivity index (χ1) is 11.0. The van der Waals surface area contributed by atoms with E-state index in [0.29, 0.717) is 11.3 Å². The standard InChI is InChI=1S/C16H16N2O5/c17-15(21)12(7-8-14(19)20)18-16(22)11-5-3-10(4-6-11)13-2-1-9-23-13/h1-6,9,12H,7-8H2,(H2,17,21)(H,18,22)(H,19,20)/t12-/m0/s1. The Morgan fingerprint density at radius 2 is 1.87 bits per heavy atom. The average molecular weight is 316 g/mol. The summed E-state index contributed by atoms with van der Waals surface area (Å²) in [6, 6.07) is 9.13. The first kappa shape index (κ1) is 16.3. The van der Waals surface area contributed by atoms with Gasteiger partial charge in [0, 0.05) is 17.5 Å². The van der Waals surface area contributed by atoms with E-state index in [2.05, 4.69) is 5.32 Å². The average Bonchev–Trinajstić information content (AvgIpc) is 3.05. The Kier molecular flexibility index (Phi) is 5.14. The molecule has 7 heteroatoms. The molecule has 0 bridgehead atoms. The topological polar surface area (TPSA) is 123 Å². The van der Waals surface area contributed by atoms with Crippen LogP contribution in [0.15, 0.2) is 47.1 Å². The van der Waals surface area contributed by atoms with Crippen molar-refractivity contribution in [1.82, 2.24) is 5.32 Å². The molecule has 1 heterocycles. The fraction of sp³-hybridized carbons (Fsp3) is 0.188. The molecule has 0 spiro atoms. The van der Waals surface area contributed by atoms with Gasteiger partial charge in [-0.05, 0) is 30.7 Å². The van der Waals surface area contributed by atoms with Crippen LogP contribution in [0.25, 0.3) is 11.3 Å². The van der Waals surface area contributed by atoms with E-state index in [1.165, 1.54) is 0 Å². The monoisotopic (exact) mass is 316 g/mol. The van der Waals surface area contributed by atoms with E-state index in [4.69, 9.17) is 15.3 Å². The summed E-state index contributed by atoms with van der Waals surface area (Å²) in [4.78, 5) is 34.0. The Hall–Kier alpha value is -3.09. The van der Waals surface area contributed by atoms with Crippen molar-refractivity contribution in [3.8, 4) is 11.3 Å². The lowest BCUT2D eigenvalue weighted by Crippen LogP contribution is -2.44. The minimum Gasteiger partial charge on any atom is -0.481 e. The Labute approximate surface area is 132 Å². The van der Waals surface area contributed by atoms with Gasteiger partial charge in [-0.2, -0.15) is 0 Å². The maximum Gasteiger partial charge on any atom is 0.303 e. The highest BCUT2D eigenvalue weighted by Gasteiger charge is 2.20. The van der Waals surface area contributed by atoms with Crippen LogP contribution in [0.2, 0.25) is 0 Å². The number of hydrogen-bond donors (Lipinski definition) is 3. The molecule has 7 nitrogen and oxygen atoms in total. The summed E-state index contributed by atoms with van der Waals surface area (Å²) in [7, 11) is 0. The molecule has 2 aromatic rings. The number of nitrogens with one attached hydrogen (secondary N) is 1. The highest BCUT2D eigenvalue weighted by Crippen LogP contribution is 2.20. The summed E-state index contributed by atoms with van der Waals surface area (Å²) in [5.74, 6) is -1.65. The summed E-state index contributed by atoms with van der Waals surface area (Å²) in [5, 5.41) is 11.1. The number of nitrogens with two attached hydrogens (primary N) is 1. The van der Waals surface area contributed by atoms with Crippen LogP contribution in [0.1, 0.15) is 23.2 Å². The largest absolute Gasteiger partial charge is 0.481 e. The number of carboxylic acid groups (broad SMARTS) is 1. The highest BCUT2D eigenvalue weighted by atomic mass is 16.4. The minimum atomic E-state index is -1.06. The quantitative estimate of drug-likeness (QED) is 0.712. The van der Waals surface area contributed by atoms with Gasteiger partial charge in [-0.1, -0.05) is 12.1 Å². The number of carbonyl (C=O) groups excluding carboxylic acids is 2. The number of primary amides is 1. The second-order valence-corrected chi connectivity index (χ2v) is 4.92. The van der Waals surface area contributed by atoms with Gasteiger partial charge in [0.2, 0.25) is 5.91 Å². The Morgan fingerprint density at radius 1 is 1.17 bits per heavy atom. The molecule has 0 unspecified atom stereocenters. The van der Waals surface area contributed by atoms with Crippen molar-refractivity contribution in [3.63, 3.8) is 0 Å². The molecule has 120 valence electrons. The van der Waals surface area contributed by atoms with Gasteiger partial charge in [0.25, 0.3) is 5.91 Å². The maximum atomic E-state index is 12.1. The normalized spacial score (nSPS) is 11.7. The smallest absolute Gasteiger partial charge is 0.303 e. The molecule has 23 heavy (non-hydrogen) atoms. The summed E-state index contributed by atoms with van der Waals surface area (Å²) in [5.41, 5.74) is 6.32. The Morgan fingerprint density at radius 3 is 2.39 bits per heavy atom. The molecule has 1 aromatic carbocycles. The van der Waals surface area contributed by atoms with Crippen LogP contribution in [0.3, 0.4) is 0 Å². The molecule has 0 saturated carbocycles. The molecule has 1 aromatic heterocycles. The minimum absolute atomic E-state index is 0.0547. The zero-order chi connectivity index (χ0) is 16.8. The van der Waals surface area contributed by atoms with Crippen LogP contribution in [-0.2, 0) is 9.59 Å². The van der Waals surface area contributed by atoms with Gasteiger partial charge >= 0.3 is 5.97 Å². The number of hydrogen-bond acceptors (Lipinski definition) is 4. The van der Waals surface area contributed by atoms with Crippen molar-refractivity contribution in [2.75, 3.05) is 0 Å². The third-order valence-corrected chi connectivity index (χ3v) is 3.25. The molecule has 0 aliphatic rings. The van der Waals surface area contributed by atoms with Gasteiger partial charge in [-0.25, -0.2) is 0 Å². The van der Waals surface area contributed by atoms with Gasteiger partial charge in [-0.15, -0.1) is 0 Å². The number of rotatable bonds is 7. The first-order valence-corrected chi connectivity index (χ1v) is 6.93. The lowest BCUT2D eigenvalue weighted by atomic mass is 10.1. The van der Waals surface area contributed by atoms with Crippen LogP contribution in [0, 0.1) is 0 Å². The van der Waals surface area contributed by atoms with E-state index in [9.17, 15) is 14.4 Å². The van der Waals surface area contributed by atoms with Crippen molar-refractivity contribution < 1.29 is 23.9 Å². The van der Waals surface area contributed by atoms with Crippen LogP contribution >= 0.6 is 0 Å². The number of benzene rings is 1. The number of carbonyl (C=O) groups is 3. The molecule has 2 amide bonds. The number of aliphatic carboxylic acids is 1. The second kappa shape index (κ2) is 7.26. The van der Waals surface area contributed by atoms with E-state index in [-0.39, 0.29) is 12.8 Å². The van der Waals surface area contributed by atoms with Crippen molar-refractivity contribution in [2.45, 2.75) is 18.9 Å². The number of amides is 2. The fourth-order valence-corrected chi connectivity index (χ4v) is 2.02. The molecule has 4 N–H and O–H groups in total. The van der Waals surface area contributed by atoms with Gasteiger partial charge in [0.1, 0.15) is 11.8 Å². The third kappa shape index (κ3) is 4.44. The number of carboxylic acids is 1. The van der Waals surface area contributed by atoms with Gasteiger partial charge in [-0.3, -0.25) is 14.4 Å². The molecule has 1 atom stereocenters. The fourth-order valence-electron chi connectivity index (χ4n) is 2.02. The molecular weight excluding hydrogens is 300 g/mol. The second-order valence-electron chi connectivity index (χ2n) is 4.92. The molecule has 0 radical (unpaired) electrons. The molecule has 0 aliphatic carbocycles. The van der Waals surface area contributed by atoms with Crippen LogP contribution < -0.4 is 11.1 Å². The number of furan rings is 1. The van der Waals surface area contributed by atoms with Crippen molar-refractivity contribution in [2.24, 2.45) is 5.73 Å².